The number of benzene rings is 1. The highest BCUT2D eigenvalue weighted by Gasteiger charge is 2.48. The maximum absolute atomic E-state index is 12.4. The van der Waals surface area contributed by atoms with E-state index < -0.39 is 27.2 Å². The molecule has 0 aliphatic carbocycles. The molecule has 1 aromatic carbocycles. The number of hydrogen-bond donors (Lipinski definition) is 0. The molecule has 0 saturated heterocycles. The van der Waals surface area contributed by atoms with Crippen molar-refractivity contribution >= 4 is 26.8 Å². The van der Waals surface area contributed by atoms with E-state index in [1.807, 2.05) is 0 Å². The molecule has 112 valence electrons. The third-order valence-electron chi connectivity index (χ3n) is 2.52. The molecule has 0 fully saturated rings. The first-order valence-electron chi connectivity index (χ1n) is 5.53. The smallest absolute Gasteiger partial charge is 0.375 e. The van der Waals surface area contributed by atoms with Crippen LogP contribution in [0, 0.1) is 0 Å². The van der Waals surface area contributed by atoms with Gasteiger partial charge in [-0.1, -0.05) is 12.1 Å². The van der Waals surface area contributed by atoms with Crippen LogP contribution in [0.2, 0.25) is 0 Å². The number of pyridine rings is 1. The van der Waals surface area contributed by atoms with Gasteiger partial charge in [0, 0.05) is 18.4 Å². The molecule has 0 saturated carbocycles. The molecule has 2 rings (SSSR count). The molecule has 0 spiro atoms. The second-order valence-corrected chi connectivity index (χ2v) is 5.60. The van der Waals surface area contributed by atoms with Crippen molar-refractivity contribution in [2.24, 2.45) is 0 Å². The van der Waals surface area contributed by atoms with Crippen LogP contribution in [0.3, 0.4) is 0 Å². The number of fused-ring (bicyclic) bond motifs is 1. The van der Waals surface area contributed by atoms with Gasteiger partial charge in [-0.15, -0.1) is 0 Å². The average Bonchev–Trinajstić information content (AvgIpc) is 2.36. The van der Waals surface area contributed by atoms with Crippen LogP contribution in [0.1, 0.15) is 17.4 Å². The van der Waals surface area contributed by atoms with Crippen LogP contribution < -0.4 is 4.18 Å². The summed E-state index contributed by atoms with van der Waals surface area (Å²) in [6.45, 7) is 1.15. The number of halogens is 3. The Labute approximate surface area is 117 Å². The molecule has 1 aromatic heterocycles. The molecule has 0 bridgehead atoms. The van der Waals surface area contributed by atoms with E-state index in [0.717, 1.165) is 13.0 Å². The highest BCUT2D eigenvalue weighted by Crippen LogP contribution is 2.31. The number of nitrogens with zero attached hydrogens (tertiary/aromatic N) is 1. The van der Waals surface area contributed by atoms with E-state index in [4.69, 9.17) is 0 Å². The lowest BCUT2D eigenvalue weighted by Gasteiger charge is -2.12. The third-order valence-corrected chi connectivity index (χ3v) is 3.49. The van der Waals surface area contributed by atoms with Gasteiger partial charge in [0.2, 0.25) is 0 Å². The Morgan fingerprint density at radius 3 is 2.43 bits per heavy atom. The van der Waals surface area contributed by atoms with Gasteiger partial charge in [0.1, 0.15) is 5.69 Å². The molecular formula is C12H8F3NO4S. The second kappa shape index (κ2) is 4.99. The number of hydrogen-bond acceptors (Lipinski definition) is 5. The summed E-state index contributed by atoms with van der Waals surface area (Å²) in [6.07, 6.45) is 0. The molecule has 0 radical (unpaired) electrons. The van der Waals surface area contributed by atoms with E-state index in [9.17, 15) is 26.4 Å². The monoisotopic (exact) mass is 319 g/mol. The zero-order valence-corrected chi connectivity index (χ0v) is 11.3. The van der Waals surface area contributed by atoms with E-state index >= 15 is 0 Å². The van der Waals surface area contributed by atoms with Crippen molar-refractivity contribution in [1.29, 1.82) is 0 Å². The number of ketones is 1. The summed E-state index contributed by atoms with van der Waals surface area (Å²) in [7, 11) is -5.82. The fraction of sp³-hybridized carbons (Fsp3) is 0.167. The third kappa shape index (κ3) is 2.97. The normalized spacial score (nSPS) is 12.4. The maximum atomic E-state index is 12.4. The average molecular weight is 319 g/mol. The molecule has 0 unspecified atom stereocenters. The molecular weight excluding hydrogens is 311 g/mol. The maximum Gasteiger partial charge on any atom is 0.534 e. The van der Waals surface area contributed by atoms with Gasteiger partial charge in [0.25, 0.3) is 0 Å². The van der Waals surface area contributed by atoms with Gasteiger partial charge < -0.3 is 4.18 Å². The molecule has 1 heterocycles. The van der Waals surface area contributed by atoms with Gasteiger partial charge in [-0.25, -0.2) is 4.98 Å². The minimum absolute atomic E-state index is 0.0512. The van der Waals surface area contributed by atoms with Crippen LogP contribution in [0.15, 0.2) is 30.3 Å². The Bertz CT molecular complexity index is 815. The SMILES string of the molecule is CC(=O)c1cc(OS(=O)(=O)C(F)(F)F)c2ccccc2n1. The van der Waals surface area contributed by atoms with Crippen LogP contribution in [0.25, 0.3) is 10.9 Å². The summed E-state index contributed by atoms with van der Waals surface area (Å²) in [5.74, 6) is -1.13. The minimum atomic E-state index is -5.82. The van der Waals surface area contributed by atoms with Crippen molar-refractivity contribution in [3.05, 3.63) is 36.0 Å². The van der Waals surface area contributed by atoms with Crippen LogP contribution in [0.4, 0.5) is 13.2 Å². The molecule has 0 amide bonds. The van der Waals surface area contributed by atoms with Gasteiger partial charge in [0.05, 0.1) is 5.52 Å². The Kier molecular flexibility index (Phi) is 3.62. The lowest BCUT2D eigenvalue weighted by molar-refractivity contribution is -0.0499. The molecule has 0 atom stereocenters. The van der Waals surface area contributed by atoms with Gasteiger partial charge in [-0.3, -0.25) is 4.79 Å². The van der Waals surface area contributed by atoms with Crippen molar-refractivity contribution in [2.75, 3.05) is 0 Å². The number of alkyl halides is 3. The molecule has 5 nitrogen and oxygen atoms in total. The van der Waals surface area contributed by atoms with Crippen LogP contribution in [0.5, 0.6) is 5.75 Å². The van der Waals surface area contributed by atoms with Gasteiger partial charge in [-0.05, 0) is 12.1 Å². The first-order chi connectivity index (χ1) is 9.62. The molecule has 9 heteroatoms. The van der Waals surface area contributed by atoms with Crippen LogP contribution in [-0.2, 0) is 10.1 Å². The van der Waals surface area contributed by atoms with Gasteiger partial charge in [-0.2, -0.15) is 21.6 Å². The van der Waals surface area contributed by atoms with E-state index in [-0.39, 0.29) is 16.6 Å². The van der Waals surface area contributed by atoms with E-state index in [1.165, 1.54) is 18.2 Å². The highest BCUT2D eigenvalue weighted by molar-refractivity contribution is 7.88. The van der Waals surface area contributed by atoms with Crippen molar-refractivity contribution in [2.45, 2.75) is 12.4 Å². The molecule has 0 aliphatic rings. The fourth-order valence-electron chi connectivity index (χ4n) is 1.56. The topological polar surface area (TPSA) is 73.3 Å². The number of carbonyl (C=O) groups excluding carboxylic acids is 1. The minimum Gasteiger partial charge on any atom is -0.375 e. The molecule has 0 aliphatic heterocycles. The molecule has 21 heavy (non-hydrogen) atoms. The van der Waals surface area contributed by atoms with Crippen molar-refractivity contribution in [3.8, 4) is 5.75 Å². The van der Waals surface area contributed by atoms with Crippen molar-refractivity contribution in [1.82, 2.24) is 4.98 Å². The Morgan fingerprint density at radius 1 is 1.24 bits per heavy atom. The predicted molar refractivity (Wildman–Crippen MR) is 67.4 cm³/mol. The van der Waals surface area contributed by atoms with Crippen LogP contribution in [-0.4, -0.2) is 24.7 Å². The summed E-state index contributed by atoms with van der Waals surface area (Å²) in [5, 5.41) is 0.0512. The summed E-state index contributed by atoms with van der Waals surface area (Å²) >= 11 is 0. The highest BCUT2D eigenvalue weighted by atomic mass is 32.2. The van der Waals surface area contributed by atoms with Crippen LogP contribution >= 0.6 is 0 Å². The Morgan fingerprint density at radius 2 is 1.86 bits per heavy atom. The summed E-state index contributed by atoms with van der Waals surface area (Å²) in [6, 6.07) is 6.65. The van der Waals surface area contributed by atoms with Crippen molar-refractivity contribution in [3.63, 3.8) is 0 Å². The summed E-state index contributed by atoms with van der Waals surface area (Å²) in [4.78, 5) is 15.2. The molecule has 2 aromatic rings. The van der Waals surface area contributed by atoms with Crippen molar-refractivity contribution < 1.29 is 30.6 Å². The standard InChI is InChI=1S/C12H8F3NO4S/c1-7(17)10-6-11(20-21(18,19)12(13,14)15)8-4-2-3-5-9(8)16-10/h2-6H,1H3. The first-order valence-corrected chi connectivity index (χ1v) is 6.94. The van der Waals surface area contributed by atoms with Gasteiger partial charge >= 0.3 is 15.6 Å². The van der Waals surface area contributed by atoms with E-state index in [1.54, 1.807) is 6.07 Å². The quantitative estimate of drug-likeness (QED) is 0.494. The molecule has 0 N–H and O–H groups in total. The van der Waals surface area contributed by atoms with Gasteiger partial charge in [0.15, 0.2) is 11.5 Å². The summed E-state index contributed by atoms with van der Waals surface area (Å²) < 4.78 is 63.5. The summed E-state index contributed by atoms with van der Waals surface area (Å²) in [5.41, 5.74) is -5.60. The largest absolute Gasteiger partial charge is 0.534 e. The second-order valence-electron chi connectivity index (χ2n) is 4.06. The first kappa shape index (κ1) is 15.2. The fourth-order valence-corrected chi connectivity index (χ4v) is 2.03. The lowest BCUT2D eigenvalue weighted by Crippen LogP contribution is -2.28. The Hall–Kier alpha value is -2.16. The predicted octanol–water partition coefficient (Wildman–Crippen LogP) is 2.67. The Balaban J connectivity index is 2.65. The lowest BCUT2D eigenvalue weighted by atomic mass is 10.1. The number of para-hydroxylation sites is 1. The number of Topliss-reactive ketones (excluding diaryl/α,β-unsaturated/α-hetero) is 1. The number of aromatic nitrogens is 1. The number of carbonyl (C=O) groups is 1. The zero-order valence-electron chi connectivity index (χ0n) is 10.5. The van der Waals surface area contributed by atoms with E-state index in [0.29, 0.717) is 0 Å². The van der Waals surface area contributed by atoms with E-state index in [2.05, 4.69) is 9.17 Å². The zero-order chi connectivity index (χ0) is 15.8. The number of rotatable bonds is 3.